The van der Waals surface area contributed by atoms with Crippen molar-refractivity contribution in [3.63, 3.8) is 0 Å². The van der Waals surface area contributed by atoms with E-state index in [1.54, 1.807) is 12.1 Å². The van der Waals surface area contributed by atoms with Crippen LogP contribution in [0.3, 0.4) is 0 Å². The average molecular weight is 471 g/mol. The number of benzene rings is 1. The van der Waals surface area contributed by atoms with E-state index in [-0.39, 0.29) is 18.4 Å². The Morgan fingerprint density at radius 2 is 2.00 bits per heavy atom. The fourth-order valence-electron chi connectivity index (χ4n) is 5.14. The first-order valence-corrected chi connectivity index (χ1v) is 14.4. The lowest BCUT2D eigenvalue weighted by molar-refractivity contribution is -0.976. The summed E-state index contributed by atoms with van der Waals surface area (Å²) in [6.45, 7) is 5.16. The molecule has 2 aliphatic heterocycles. The van der Waals surface area contributed by atoms with Crippen molar-refractivity contribution in [3.05, 3.63) is 29.8 Å². The highest BCUT2D eigenvalue weighted by molar-refractivity contribution is 8.00. The standard InChI is InChI=1S/C23H40N3O3S2/c1-6-7-14-26(3)21(18-10-12-20(13-11-18)31(5,27)28)17-25(2)23(29-4)22(26)24-16-19-9-8-15-30-19/h10-13,19,21-24H,6-9,14-17H2,1-5H3/q+1. The molecule has 6 nitrogen and oxygen atoms in total. The molecule has 0 spiro atoms. The van der Waals surface area contributed by atoms with Gasteiger partial charge in [-0.05, 0) is 44.2 Å². The third kappa shape index (κ3) is 5.65. The molecule has 2 aliphatic rings. The summed E-state index contributed by atoms with van der Waals surface area (Å²) in [6.07, 6.45) is 6.30. The number of hydrogen-bond acceptors (Lipinski definition) is 6. The molecule has 1 aromatic rings. The smallest absolute Gasteiger partial charge is 0.184 e. The molecule has 0 radical (unpaired) electrons. The van der Waals surface area contributed by atoms with E-state index in [4.69, 9.17) is 4.74 Å². The van der Waals surface area contributed by atoms with E-state index in [1.165, 1.54) is 30.4 Å². The summed E-state index contributed by atoms with van der Waals surface area (Å²) in [5.41, 5.74) is 1.19. The number of rotatable bonds is 9. The molecule has 2 fully saturated rings. The van der Waals surface area contributed by atoms with Gasteiger partial charge in [0.1, 0.15) is 6.04 Å². The summed E-state index contributed by atoms with van der Waals surface area (Å²) < 4.78 is 30.8. The predicted octanol–water partition coefficient (Wildman–Crippen LogP) is 3.11. The van der Waals surface area contributed by atoms with Crippen LogP contribution in [0, 0.1) is 0 Å². The van der Waals surface area contributed by atoms with E-state index in [9.17, 15) is 8.42 Å². The first-order chi connectivity index (χ1) is 14.7. The molecule has 5 atom stereocenters. The molecule has 31 heavy (non-hydrogen) atoms. The monoisotopic (exact) mass is 470 g/mol. The zero-order chi connectivity index (χ0) is 22.6. The molecule has 2 saturated heterocycles. The predicted molar refractivity (Wildman–Crippen MR) is 129 cm³/mol. The van der Waals surface area contributed by atoms with Gasteiger partial charge in [0, 0.05) is 30.7 Å². The number of piperazine rings is 1. The van der Waals surface area contributed by atoms with Crippen molar-refractivity contribution < 1.29 is 17.6 Å². The average Bonchev–Trinajstić information content (AvgIpc) is 3.25. The molecule has 1 aromatic carbocycles. The molecule has 0 aromatic heterocycles. The fraction of sp³-hybridized carbons (Fsp3) is 0.739. The Labute approximate surface area is 193 Å². The van der Waals surface area contributed by atoms with Crippen molar-refractivity contribution in [2.24, 2.45) is 0 Å². The molecule has 0 saturated carbocycles. The largest absolute Gasteiger partial charge is 0.359 e. The lowest BCUT2D eigenvalue weighted by atomic mass is 9.96. The normalized spacial score (nSPS) is 32.4. The number of hydrogen-bond donors (Lipinski definition) is 1. The number of thioether (sulfide) groups is 1. The zero-order valence-corrected chi connectivity index (χ0v) is 21.3. The summed E-state index contributed by atoms with van der Waals surface area (Å²) in [5.74, 6) is 1.27. The molecule has 1 N–H and O–H groups in total. The number of quaternary nitrogens is 1. The lowest BCUT2D eigenvalue weighted by Gasteiger charge is -2.55. The van der Waals surface area contributed by atoms with Gasteiger partial charge in [-0.1, -0.05) is 25.5 Å². The molecular weight excluding hydrogens is 430 g/mol. The number of likely N-dealkylation sites (N-methyl/N-ethyl adjacent to an activating group) is 2. The summed E-state index contributed by atoms with van der Waals surface area (Å²) in [7, 11) is 3.10. The van der Waals surface area contributed by atoms with Crippen molar-refractivity contribution in [2.75, 3.05) is 52.8 Å². The molecule has 8 heteroatoms. The van der Waals surface area contributed by atoms with Gasteiger partial charge in [0.05, 0.1) is 25.0 Å². The van der Waals surface area contributed by atoms with Gasteiger partial charge in [-0.2, -0.15) is 11.8 Å². The summed E-state index contributed by atoms with van der Waals surface area (Å²) in [6, 6.07) is 7.78. The van der Waals surface area contributed by atoms with Gasteiger partial charge < -0.3 is 9.22 Å². The Bertz CT molecular complexity index is 812. The lowest BCUT2D eigenvalue weighted by Crippen LogP contribution is -2.73. The minimum absolute atomic E-state index is 0.000183. The van der Waals surface area contributed by atoms with Crippen LogP contribution in [0.4, 0.5) is 0 Å². The maximum absolute atomic E-state index is 11.9. The molecule has 0 amide bonds. The first-order valence-electron chi connectivity index (χ1n) is 11.4. The van der Waals surface area contributed by atoms with Crippen LogP contribution in [0.25, 0.3) is 0 Å². The van der Waals surface area contributed by atoms with Crippen LogP contribution in [0.2, 0.25) is 0 Å². The quantitative estimate of drug-likeness (QED) is 0.560. The summed E-state index contributed by atoms with van der Waals surface area (Å²) in [4.78, 5) is 2.69. The highest BCUT2D eigenvalue weighted by atomic mass is 32.2. The molecule has 0 bridgehead atoms. The van der Waals surface area contributed by atoms with E-state index >= 15 is 0 Å². The van der Waals surface area contributed by atoms with Crippen LogP contribution in [-0.2, 0) is 14.6 Å². The fourth-order valence-corrected chi connectivity index (χ4v) is 6.99. The third-order valence-corrected chi connectivity index (χ3v) is 9.55. The second-order valence-corrected chi connectivity index (χ2v) is 12.8. The van der Waals surface area contributed by atoms with Crippen LogP contribution < -0.4 is 5.32 Å². The number of unbranched alkanes of at least 4 members (excludes halogenated alkanes) is 1. The number of sulfone groups is 1. The maximum atomic E-state index is 11.9. The zero-order valence-electron chi connectivity index (χ0n) is 19.7. The minimum Gasteiger partial charge on any atom is -0.359 e. The Balaban J connectivity index is 1.93. The second-order valence-electron chi connectivity index (χ2n) is 9.33. The highest BCUT2D eigenvalue weighted by Crippen LogP contribution is 2.38. The van der Waals surface area contributed by atoms with Gasteiger partial charge in [-0.3, -0.25) is 10.2 Å². The maximum Gasteiger partial charge on any atom is 0.184 e. The van der Waals surface area contributed by atoms with Crippen molar-refractivity contribution in [2.45, 2.75) is 61.2 Å². The Kier molecular flexibility index (Phi) is 8.49. The number of nitrogens with zero attached hydrogens (tertiary/aromatic N) is 2. The van der Waals surface area contributed by atoms with Crippen LogP contribution in [0.1, 0.15) is 44.2 Å². The molecular formula is C23H40N3O3S2+. The van der Waals surface area contributed by atoms with E-state index in [0.717, 1.165) is 37.0 Å². The summed E-state index contributed by atoms with van der Waals surface area (Å²) >= 11 is 2.08. The van der Waals surface area contributed by atoms with Gasteiger partial charge in [-0.15, -0.1) is 0 Å². The second kappa shape index (κ2) is 10.5. The van der Waals surface area contributed by atoms with Gasteiger partial charge in [-0.25, -0.2) is 8.42 Å². The molecule has 176 valence electrons. The van der Waals surface area contributed by atoms with Crippen molar-refractivity contribution in [1.29, 1.82) is 0 Å². The van der Waals surface area contributed by atoms with Gasteiger partial charge in [0.2, 0.25) is 0 Å². The third-order valence-electron chi connectivity index (χ3n) is 7.02. The SMILES string of the molecule is CCCC[N+]1(C)C(c2ccc(S(C)(=O)=O)cc2)CN(C)C(OC)C1NCC1CCCS1. The highest BCUT2D eigenvalue weighted by Gasteiger charge is 2.51. The van der Waals surface area contributed by atoms with Crippen molar-refractivity contribution in [3.8, 4) is 0 Å². The topological polar surface area (TPSA) is 58.6 Å². The van der Waals surface area contributed by atoms with Crippen molar-refractivity contribution >= 4 is 21.6 Å². The van der Waals surface area contributed by atoms with Crippen molar-refractivity contribution in [1.82, 2.24) is 10.2 Å². The minimum atomic E-state index is -3.20. The number of methoxy groups -OCH3 is 1. The molecule has 2 heterocycles. The molecule has 0 aliphatic carbocycles. The van der Waals surface area contributed by atoms with Gasteiger partial charge in [0.25, 0.3) is 0 Å². The summed E-state index contributed by atoms with van der Waals surface area (Å²) in [5, 5.41) is 4.60. The Morgan fingerprint density at radius 3 is 2.55 bits per heavy atom. The first kappa shape index (κ1) is 25.0. The number of nitrogens with one attached hydrogen (secondary N) is 1. The van der Waals surface area contributed by atoms with Crippen LogP contribution >= 0.6 is 11.8 Å². The van der Waals surface area contributed by atoms with Gasteiger partial charge in [0.15, 0.2) is 22.2 Å². The van der Waals surface area contributed by atoms with E-state index in [0.29, 0.717) is 10.1 Å². The van der Waals surface area contributed by atoms with E-state index in [2.05, 4.69) is 43.0 Å². The molecule has 3 rings (SSSR count). The Morgan fingerprint density at radius 1 is 1.29 bits per heavy atom. The Hall–Kier alpha value is -0.640. The number of ether oxygens (including phenoxy) is 1. The van der Waals surface area contributed by atoms with Crippen LogP contribution in [-0.4, -0.2) is 88.3 Å². The van der Waals surface area contributed by atoms with Crippen LogP contribution in [0.15, 0.2) is 29.2 Å². The van der Waals surface area contributed by atoms with E-state index in [1.807, 2.05) is 19.2 Å². The molecule has 5 unspecified atom stereocenters. The van der Waals surface area contributed by atoms with E-state index < -0.39 is 9.84 Å². The van der Waals surface area contributed by atoms with Crippen LogP contribution in [0.5, 0.6) is 0 Å². The van der Waals surface area contributed by atoms with Gasteiger partial charge >= 0.3 is 0 Å².